The molecule has 0 amide bonds. The van der Waals surface area contributed by atoms with Gasteiger partial charge in [-0.25, -0.2) is 9.98 Å². The van der Waals surface area contributed by atoms with Gasteiger partial charge in [0.25, 0.3) is 0 Å². The number of amidine groups is 2. The number of nitrogens with two attached hydrogens (primary N) is 1. The predicted molar refractivity (Wildman–Crippen MR) is 109 cm³/mol. The molecule has 0 spiro atoms. The molecule has 0 saturated carbocycles. The van der Waals surface area contributed by atoms with Crippen molar-refractivity contribution in [2.75, 3.05) is 12.9 Å². The second kappa shape index (κ2) is 8.68. The van der Waals surface area contributed by atoms with Gasteiger partial charge in [-0.15, -0.1) is 0 Å². The van der Waals surface area contributed by atoms with E-state index in [1.165, 1.54) is 11.8 Å². The highest BCUT2D eigenvalue weighted by molar-refractivity contribution is 8.13. The summed E-state index contributed by atoms with van der Waals surface area (Å²) in [5.41, 5.74) is 7.48. The van der Waals surface area contributed by atoms with Gasteiger partial charge in [-0.05, 0) is 31.7 Å². The zero-order chi connectivity index (χ0) is 20.0. The average molecular weight is 386 g/mol. The van der Waals surface area contributed by atoms with Crippen LogP contribution in [0.25, 0.3) is 11.1 Å². The highest BCUT2D eigenvalue weighted by atomic mass is 32.2. The van der Waals surface area contributed by atoms with Crippen molar-refractivity contribution in [3.8, 4) is 17.0 Å². The van der Waals surface area contributed by atoms with Gasteiger partial charge in [-0.3, -0.25) is 10.2 Å². The average Bonchev–Trinajstić information content (AvgIpc) is 2.66. The SMILES string of the molecule is CSC(=N)/N=C(\N)c1ccc(-c2ccc(OCC(C)(C)C(=O)O)nc2)cc1. The summed E-state index contributed by atoms with van der Waals surface area (Å²) in [7, 11) is 0. The maximum Gasteiger partial charge on any atom is 0.312 e. The number of aliphatic carboxylic acids is 1. The lowest BCUT2D eigenvalue weighted by Gasteiger charge is -2.18. The maximum absolute atomic E-state index is 11.1. The van der Waals surface area contributed by atoms with Crippen molar-refractivity contribution in [3.05, 3.63) is 48.2 Å². The first-order valence-electron chi connectivity index (χ1n) is 8.12. The molecule has 1 aromatic carbocycles. The molecule has 7 nitrogen and oxygen atoms in total. The van der Waals surface area contributed by atoms with Gasteiger partial charge < -0.3 is 15.6 Å². The normalized spacial score (nSPS) is 11.9. The number of aliphatic imine (C=N–C) groups is 1. The molecule has 0 aliphatic heterocycles. The number of nitrogens with one attached hydrogen (secondary N) is 1. The summed E-state index contributed by atoms with van der Waals surface area (Å²) < 4.78 is 5.47. The van der Waals surface area contributed by atoms with Gasteiger partial charge in [0.15, 0.2) is 5.17 Å². The van der Waals surface area contributed by atoms with E-state index in [1.54, 1.807) is 32.4 Å². The van der Waals surface area contributed by atoms with Crippen molar-refractivity contribution in [1.29, 1.82) is 5.41 Å². The number of carbonyl (C=O) groups is 1. The van der Waals surface area contributed by atoms with E-state index in [4.69, 9.17) is 21.0 Å². The van der Waals surface area contributed by atoms with Crippen LogP contribution in [0, 0.1) is 10.8 Å². The molecule has 8 heteroatoms. The van der Waals surface area contributed by atoms with E-state index in [1.807, 2.05) is 30.3 Å². The van der Waals surface area contributed by atoms with E-state index in [9.17, 15) is 4.79 Å². The summed E-state index contributed by atoms with van der Waals surface area (Å²) in [5.74, 6) is -0.254. The van der Waals surface area contributed by atoms with Crippen LogP contribution in [0.2, 0.25) is 0 Å². The van der Waals surface area contributed by atoms with Crippen LogP contribution >= 0.6 is 11.8 Å². The molecule has 0 atom stereocenters. The summed E-state index contributed by atoms with van der Waals surface area (Å²) in [4.78, 5) is 19.3. The van der Waals surface area contributed by atoms with Gasteiger partial charge >= 0.3 is 5.97 Å². The van der Waals surface area contributed by atoms with Crippen molar-refractivity contribution in [3.63, 3.8) is 0 Å². The molecule has 0 aliphatic carbocycles. The van der Waals surface area contributed by atoms with Crippen LogP contribution in [-0.2, 0) is 4.79 Å². The quantitative estimate of drug-likeness (QED) is 0.517. The van der Waals surface area contributed by atoms with Crippen LogP contribution in [0.15, 0.2) is 47.6 Å². The van der Waals surface area contributed by atoms with E-state index in [0.717, 1.165) is 16.7 Å². The molecule has 27 heavy (non-hydrogen) atoms. The molecule has 0 bridgehead atoms. The van der Waals surface area contributed by atoms with Gasteiger partial charge in [-0.2, -0.15) is 0 Å². The monoisotopic (exact) mass is 386 g/mol. The second-order valence-corrected chi connectivity index (χ2v) is 7.24. The molecule has 0 aliphatic rings. The van der Waals surface area contributed by atoms with E-state index in [0.29, 0.717) is 11.7 Å². The Morgan fingerprint density at radius 2 is 1.89 bits per heavy atom. The van der Waals surface area contributed by atoms with E-state index >= 15 is 0 Å². The molecule has 0 radical (unpaired) electrons. The predicted octanol–water partition coefficient (Wildman–Crippen LogP) is 3.24. The Morgan fingerprint density at radius 1 is 1.26 bits per heavy atom. The summed E-state index contributed by atoms with van der Waals surface area (Å²) >= 11 is 1.22. The van der Waals surface area contributed by atoms with E-state index in [2.05, 4.69) is 9.98 Å². The Labute approximate surface area is 162 Å². The maximum atomic E-state index is 11.1. The fraction of sp³-hybridized carbons (Fsp3) is 0.263. The van der Waals surface area contributed by atoms with Crippen molar-refractivity contribution >= 4 is 28.7 Å². The Morgan fingerprint density at radius 3 is 2.41 bits per heavy atom. The molecule has 0 fully saturated rings. The van der Waals surface area contributed by atoms with Gasteiger partial charge in [0.1, 0.15) is 12.4 Å². The van der Waals surface area contributed by atoms with Crippen molar-refractivity contribution in [2.24, 2.45) is 16.1 Å². The molecule has 0 unspecified atom stereocenters. The number of thioether (sulfide) groups is 1. The Balaban J connectivity index is 2.08. The number of benzene rings is 1. The summed E-state index contributed by atoms with van der Waals surface area (Å²) in [6.45, 7) is 3.23. The first-order valence-corrected chi connectivity index (χ1v) is 9.35. The fourth-order valence-electron chi connectivity index (χ4n) is 2.01. The fourth-order valence-corrected chi connectivity index (χ4v) is 2.20. The number of carboxylic acids is 1. The van der Waals surface area contributed by atoms with Crippen LogP contribution in [0.1, 0.15) is 19.4 Å². The molecular weight excluding hydrogens is 364 g/mol. The summed E-state index contributed by atoms with van der Waals surface area (Å²) in [6, 6.07) is 11.0. The molecule has 1 aromatic heterocycles. The number of aromatic nitrogens is 1. The van der Waals surface area contributed by atoms with Crippen LogP contribution in [0.5, 0.6) is 5.88 Å². The number of carboxylic acid groups (broad SMARTS) is 1. The smallest absolute Gasteiger partial charge is 0.312 e. The van der Waals surface area contributed by atoms with Gasteiger partial charge in [0.2, 0.25) is 5.88 Å². The Bertz CT molecular complexity index is 846. The number of rotatable bonds is 6. The number of hydrogen-bond acceptors (Lipinski definition) is 5. The highest BCUT2D eigenvalue weighted by Crippen LogP contribution is 2.22. The van der Waals surface area contributed by atoms with E-state index in [-0.39, 0.29) is 11.8 Å². The molecule has 4 N–H and O–H groups in total. The zero-order valence-corrected chi connectivity index (χ0v) is 16.2. The van der Waals surface area contributed by atoms with Gasteiger partial charge in [0, 0.05) is 23.4 Å². The standard InChI is InChI=1S/C19H22N4O3S/c1-19(2,17(24)25)11-26-15-9-8-14(10-22-15)12-4-6-13(7-5-12)16(20)23-18(21)27-3/h4-10H,11H2,1-3H3,(H,24,25)(H3,20,21,23). The van der Waals surface area contributed by atoms with Gasteiger partial charge in [0.05, 0.1) is 5.41 Å². The summed E-state index contributed by atoms with van der Waals surface area (Å²) in [6.07, 6.45) is 3.43. The Kier molecular flexibility index (Phi) is 6.57. The van der Waals surface area contributed by atoms with Crippen molar-refractivity contribution < 1.29 is 14.6 Å². The minimum atomic E-state index is -0.982. The number of ether oxygens (including phenoxy) is 1. The van der Waals surface area contributed by atoms with Crippen LogP contribution in [-0.4, -0.2) is 39.9 Å². The first kappa shape index (κ1) is 20.4. The Hall–Kier alpha value is -2.87. The van der Waals surface area contributed by atoms with Crippen molar-refractivity contribution in [1.82, 2.24) is 4.98 Å². The first-order chi connectivity index (χ1) is 12.7. The third-order valence-corrected chi connectivity index (χ3v) is 4.30. The largest absolute Gasteiger partial charge is 0.481 e. The van der Waals surface area contributed by atoms with Gasteiger partial charge in [-0.1, -0.05) is 36.0 Å². The van der Waals surface area contributed by atoms with Crippen LogP contribution in [0.4, 0.5) is 0 Å². The third-order valence-electron chi connectivity index (χ3n) is 3.83. The van der Waals surface area contributed by atoms with Crippen LogP contribution < -0.4 is 10.5 Å². The number of nitrogens with zero attached hydrogens (tertiary/aromatic N) is 2. The third kappa shape index (κ3) is 5.55. The molecular formula is C19H22N4O3S. The number of hydrogen-bond donors (Lipinski definition) is 3. The van der Waals surface area contributed by atoms with Crippen LogP contribution in [0.3, 0.4) is 0 Å². The topological polar surface area (TPSA) is 122 Å². The lowest BCUT2D eigenvalue weighted by molar-refractivity contribution is -0.148. The minimum absolute atomic E-state index is 0.0348. The zero-order valence-electron chi connectivity index (χ0n) is 15.4. The number of pyridine rings is 1. The summed E-state index contributed by atoms with van der Waals surface area (Å²) in [5, 5.41) is 16.8. The van der Waals surface area contributed by atoms with Crippen molar-refractivity contribution in [2.45, 2.75) is 13.8 Å². The molecule has 2 aromatic rings. The molecule has 0 saturated heterocycles. The highest BCUT2D eigenvalue weighted by Gasteiger charge is 2.28. The second-order valence-electron chi connectivity index (χ2n) is 6.45. The minimum Gasteiger partial charge on any atom is -0.481 e. The van der Waals surface area contributed by atoms with E-state index < -0.39 is 11.4 Å². The molecule has 142 valence electrons. The molecule has 2 rings (SSSR count). The lowest BCUT2D eigenvalue weighted by atomic mass is 9.95. The lowest BCUT2D eigenvalue weighted by Crippen LogP contribution is -2.30. The molecule has 1 heterocycles.